The molecular formula is C11H14O5. The molecule has 0 amide bonds. The normalized spacial score (nSPS) is 9.44. The Morgan fingerprint density at radius 3 is 2.12 bits per heavy atom. The summed E-state index contributed by atoms with van der Waals surface area (Å²) in [7, 11) is 4.32. The van der Waals surface area contributed by atoms with Crippen molar-refractivity contribution in [3.63, 3.8) is 0 Å². The van der Waals surface area contributed by atoms with Crippen molar-refractivity contribution in [1.82, 2.24) is 0 Å². The van der Waals surface area contributed by atoms with Crippen LogP contribution < -0.4 is 14.2 Å². The summed E-state index contributed by atoms with van der Waals surface area (Å²) in [5.74, 6) is 0.928. The Hall–Kier alpha value is -1.91. The SMILES string of the molecule is COC(=O)COc1c(OC)cccc1OC. The molecule has 0 aliphatic rings. The number of para-hydroxylation sites is 1. The number of carbonyl (C=O) groups excluding carboxylic acids is 1. The van der Waals surface area contributed by atoms with Gasteiger partial charge in [-0.15, -0.1) is 0 Å². The fraction of sp³-hybridized carbons (Fsp3) is 0.364. The maximum Gasteiger partial charge on any atom is 0.343 e. The number of benzene rings is 1. The van der Waals surface area contributed by atoms with Gasteiger partial charge in [0.2, 0.25) is 5.75 Å². The second-order valence-electron chi connectivity index (χ2n) is 2.86. The zero-order valence-corrected chi connectivity index (χ0v) is 9.48. The Kier molecular flexibility index (Phi) is 4.44. The highest BCUT2D eigenvalue weighted by atomic mass is 16.6. The van der Waals surface area contributed by atoms with E-state index < -0.39 is 5.97 Å². The largest absolute Gasteiger partial charge is 0.493 e. The Morgan fingerprint density at radius 2 is 1.69 bits per heavy atom. The first-order valence-electron chi connectivity index (χ1n) is 4.63. The quantitative estimate of drug-likeness (QED) is 0.707. The third-order valence-corrected chi connectivity index (χ3v) is 1.94. The van der Waals surface area contributed by atoms with E-state index in [1.165, 1.54) is 21.3 Å². The van der Waals surface area contributed by atoms with E-state index in [0.717, 1.165) is 0 Å². The first-order valence-corrected chi connectivity index (χ1v) is 4.63. The Balaban J connectivity index is 2.86. The van der Waals surface area contributed by atoms with Crippen LogP contribution in [0.3, 0.4) is 0 Å². The van der Waals surface area contributed by atoms with E-state index in [9.17, 15) is 4.79 Å². The van der Waals surface area contributed by atoms with Crippen LogP contribution in [0, 0.1) is 0 Å². The van der Waals surface area contributed by atoms with Crippen LogP contribution in [0.15, 0.2) is 18.2 Å². The summed E-state index contributed by atoms with van der Waals surface area (Å²) < 4.78 is 19.9. The number of ether oxygens (including phenoxy) is 4. The molecule has 0 aromatic heterocycles. The zero-order valence-electron chi connectivity index (χ0n) is 9.48. The number of carbonyl (C=O) groups is 1. The van der Waals surface area contributed by atoms with Crippen LogP contribution in [0.4, 0.5) is 0 Å². The third kappa shape index (κ3) is 2.79. The van der Waals surface area contributed by atoms with Gasteiger partial charge in [-0.2, -0.15) is 0 Å². The van der Waals surface area contributed by atoms with Crippen molar-refractivity contribution in [1.29, 1.82) is 0 Å². The molecule has 88 valence electrons. The Bertz CT molecular complexity index is 339. The minimum atomic E-state index is -0.465. The molecule has 5 nitrogen and oxygen atoms in total. The monoisotopic (exact) mass is 226 g/mol. The standard InChI is InChI=1S/C11H14O5/c1-13-8-5-4-6-9(14-2)11(8)16-7-10(12)15-3/h4-6H,7H2,1-3H3. The van der Waals surface area contributed by atoms with Crippen molar-refractivity contribution in [2.45, 2.75) is 0 Å². The maximum atomic E-state index is 11.0. The zero-order chi connectivity index (χ0) is 12.0. The van der Waals surface area contributed by atoms with Gasteiger partial charge in [0.1, 0.15) is 0 Å². The molecule has 0 N–H and O–H groups in total. The van der Waals surface area contributed by atoms with Gasteiger partial charge < -0.3 is 18.9 Å². The lowest BCUT2D eigenvalue weighted by Gasteiger charge is -2.12. The molecule has 1 aromatic carbocycles. The number of esters is 1. The molecule has 0 saturated heterocycles. The number of hydrogen-bond donors (Lipinski definition) is 0. The highest BCUT2D eigenvalue weighted by Crippen LogP contribution is 2.36. The molecule has 0 fully saturated rings. The second-order valence-corrected chi connectivity index (χ2v) is 2.86. The summed E-state index contributed by atoms with van der Waals surface area (Å²) in [6.07, 6.45) is 0. The summed E-state index contributed by atoms with van der Waals surface area (Å²) in [5, 5.41) is 0. The molecule has 0 aliphatic carbocycles. The molecule has 0 heterocycles. The molecule has 1 aromatic rings. The van der Waals surface area contributed by atoms with Gasteiger partial charge >= 0.3 is 5.97 Å². The van der Waals surface area contributed by atoms with Gasteiger partial charge in [-0.05, 0) is 12.1 Å². The van der Waals surface area contributed by atoms with Gasteiger partial charge in [0.25, 0.3) is 0 Å². The van der Waals surface area contributed by atoms with E-state index >= 15 is 0 Å². The van der Waals surface area contributed by atoms with Crippen LogP contribution in [-0.2, 0) is 9.53 Å². The van der Waals surface area contributed by atoms with Gasteiger partial charge in [-0.25, -0.2) is 4.79 Å². The predicted octanol–water partition coefficient (Wildman–Crippen LogP) is 1.26. The maximum absolute atomic E-state index is 11.0. The summed E-state index contributed by atoms with van der Waals surface area (Å²) in [6.45, 7) is -0.187. The molecule has 1 rings (SSSR count). The molecule has 0 unspecified atom stereocenters. The lowest BCUT2D eigenvalue weighted by atomic mass is 10.3. The van der Waals surface area contributed by atoms with Crippen molar-refractivity contribution < 1.29 is 23.7 Å². The summed E-state index contributed by atoms with van der Waals surface area (Å²) in [4.78, 5) is 11.0. The summed E-state index contributed by atoms with van der Waals surface area (Å²) in [6, 6.07) is 5.20. The van der Waals surface area contributed by atoms with Gasteiger partial charge in [0.05, 0.1) is 21.3 Å². The van der Waals surface area contributed by atoms with Gasteiger partial charge in [-0.3, -0.25) is 0 Å². The van der Waals surface area contributed by atoms with Crippen LogP contribution in [0.5, 0.6) is 17.2 Å². The van der Waals surface area contributed by atoms with Crippen molar-refractivity contribution >= 4 is 5.97 Å². The van der Waals surface area contributed by atoms with Crippen LogP contribution >= 0.6 is 0 Å². The van der Waals surface area contributed by atoms with E-state index in [-0.39, 0.29) is 6.61 Å². The Morgan fingerprint density at radius 1 is 1.12 bits per heavy atom. The first-order chi connectivity index (χ1) is 7.72. The fourth-order valence-corrected chi connectivity index (χ4v) is 1.15. The fourth-order valence-electron chi connectivity index (χ4n) is 1.15. The van der Waals surface area contributed by atoms with Gasteiger partial charge in [0, 0.05) is 0 Å². The topological polar surface area (TPSA) is 54.0 Å². The summed E-state index contributed by atoms with van der Waals surface area (Å²) in [5.41, 5.74) is 0. The van der Waals surface area contributed by atoms with E-state index in [1.54, 1.807) is 18.2 Å². The molecule has 0 spiro atoms. The molecule has 0 bridgehead atoms. The molecule has 16 heavy (non-hydrogen) atoms. The molecular weight excluding hydrogens is 212 g/mol. The number of hydrogen-bond acceptors (Lipinski definition) is 5. The molecule has 0 aliphatic heterocycles. The minimum absolute atomic E-state index is 0.187. The minimum Gasteiger partial charge on any atom is -0.493 e. The van der Waals surface area contributed by atoms with Crippen LogP contribution in [-0.4, -0.2) is 33.9 Å². The van der Waals surface area contributed by atoms with E-state index in [1.807, 2.05) is 0 Å². The lowest BCUT2D eigenvalue weighted by molar-refractivity contribution is -0.142. The molecule has 5 heteroatoms. The highest BCUT2D eigenvalue weighted by molar-refractivity contribution is 5.71. The van der Waals surface area contributed by atoms with E-state index in [2.05, 4.69) is 4.74 Å². The van der Waals surface area contributed by atoms with Gasteiger partial charge in [-0.1, -0.05) is 6.07 Å². The smallest absolute Gasteiger partial charge is 0.343 e. The van der Waals surface area contributed by atoms with Crippen LogP contribution in [0.1, 0.15) is 0 Å². The van der Waals surface area contributed by atoms with Crippen molar-refractivity contribution in [3.8, 4) is 17.2 Å². The van der Waals surface area contributed by atoms with Crippen molar-refractivity contribution in [2.75, 3.05) is 27.9 Å². The molecule has 0 radical (unpaired) electrons. The van der Waals surface area contributed by atoms with Crippen LogP contribution in [0.2, 0.25) is 0 Å². The van der Waals surface area contributed by atoms with E-state index in [0.29, 0.717) is 17.2 Å². The average Bonchev–Trinajstić information content (AvgIpc) is 2.35. The molecule has 0 saturated carbocycles. The lowest BCUT2D eigenvalue weighted by Crippen LogP contribution is -2.13. The van der Waals surface area contributed by atoms with Crippen LogP contribution in [0.25, 0.3) is 0 Å². The predicted molar refractivity (Wildman–Crippen MR) is 57.1 cm³/mol. The molecule has 0 atom stereocenters. The first kappa shape index (κ1) is 12.2. The number of rotatable bonds is 5. The van der Waals surface area contributed by atoms with Gasteiger partial charge in [0.15, 0.2) is 18.1 Å². The Labute approximate surface area is 93.9 Å². The number of methoxy groups -OCH3 is 3. The van der Waals surface area contributed by atoms with E-state index in [4.69, 9.17) is 14.2 Å². The van der Waals surface area contributed by atoms with Crippen molar-refractivity contribution in [2.24, 2.45) is 0 Å². The third-order valence-electron chi connectivity index (χ3n) is 1.94. The highest BCUT2D eigenvalue weighted by Gasteiger charge is 2.12. The average molecular weight is 226 g/mol. The summed E-state index contributed by atoms with van der Waals surface area (Å²) >= 11 is 0. The second kappa shape index (κ2) is 5.85. The van der Waals surface area contributed by atoms with Crippen molar-refractivity contribution in [3.05, 3.63) is 18.2 Å².